The molecule has 0 saturated carbocycles. The second-order valence-corrected chi connectivity index (χ2v) is 10.3. The molecule has 3 heterocycles. The summed E-state index contributed by atoms with van der Waals surface area (Å²) in [5, 5.41) is 0. The molecule has 1 atom stereocenters. The summed E-state index contributed by atoms with van der Waals surface area (Å²) in [5.74, 6) is 1.85. The van der Waals surface area contributed by atoms with Crippen molar-refractivity contribution in [3.63, 3.8) is 0 Å². The number of pyridine rings is 1. The third-order valence-electron chi connectivity index (χ3n) is 6.90. The van der Waals surface area contributed by atoms with Gasteiger partial charge in [-0.05, 0) is 69.0 Å². The van der Waals surface area contributed by atoms with Crippen LogP contribution in [-0.2, 0) is 6.54 Å². The molecule has 1 fully saturated rings. The Hall–Kier alpha value is -2.43. The molecule has 2 aromatic heterocycles. The number of hydrogen-bond donors (Lipinski definition) is 0. The number of rotatable bonds is 5. The van der Waals surface area contributed by atoms with E-state index in [2.05, 4.69) is 63.9 Å². The maximum Gasteiger partial charge on any atom is 0.145 e. The van der Waals surface area contributed by atoms with Crippen LogP contribution in [0.4, 0.5) is 0 Å². The SMILES string of the molecule is CCC1CCN(Cc2cccc(-c3nc4ccncc4n3C3=CCC(C)(Cl)C=C3)c2)CC1. The molecule has 1 unspecified atom stereocenters. The van der Waals surface area contributed by atoms with Gasteiger partial charge in [0.2, 0.25) is 0 Å². The first-order valence-electron chi connectivity index (χ1n) is 11.8. The molecular weight excluding hydrogens is 416 g/mol. The molecule has 0 spiro atoms. The molecule has 0 amide bonds. The summed E-state index contributed by atoms with van der Waals surface area (Å²) in [7, 11) is 0. The van der Waals surface area contributed by atoms with Gasteiger partial charge in [-0.15, -0.1) is 11.6 Å². The number of nitrogens with zero attached hydrogens (tertiary/aromatic N) is 4. The van der Waals surface area contributed by atoms with E-state index in [1.807, 2.05) is 19.2 Å². The Morgan fingerprint density at radius 3 is 2.78 bits per heavy atom. The van der Waals surface area contributed by atoms with Crippen molar-refractivity contribution in [3.8, 4) is 11.4 Å². The minimum absolute atomic E-state index is 0.330. The first-order chi connectivity index (χ1) is 15.5. The number of aromatic nitrogens is 3. The molecule has 1 saturated heterocycles. The van der Waals surface area contributed by atoms with E-state index in [-0.39, 0.29) is 4.87 Å². The smallest absolute Gasteiger partial charge is 0.145 e. The quantitative estimate of drug-likeness (QED) is 0.418. The molecule has 0 bridgehead atoms. The van der Waals surface area contributed by atoms with Gasteiger partial charge in [0, 0.05) is 24.0 Å². The number of likely N-dealkylation sites (tertiary alicyclic amines) is 1. The average molecular weight is 447 g/mol. The summed E-state index contributed by atoms with van der Waals surface area (Å²) in [6.07, 6.45) is 14.8. The van der Waals surface area contributed by atoms with Gasteiger partial charge in [-0.25, -0.2) is 4.98 Å². The Bertz CT molecular complexity index is 1170. The lowest BCUT2D eigenvalue weighted by Crippen LogP contribution is -2.32. The molecule has 0 radical (unpaired) electrons. The van der Waals surface area contributed by atoms with E-state index < -0.39 is 0 Å². The second-order valence-electron chi connectivity index (χ2n) is 9.41. The van der Waals surface area contributed by atoms with E-state index in [9.17, 15) is 0 Å². The van der Waals surface area contributed by atoms with E-state index in [1.54, 1.807) is 6.20 Å². The number of piperidine rings is 1. The fourth-order valence-electron chi connectivity index (χ4n) is 4.86. The van der Waals surface area contributed by atoms with E-state index in [0.29, 0.717) is 0 Å². The van der Waals surface area contributed by atoms with Gasteiger partial charge >= 0.3 is 0 Å². The van der Waals surface area contributed by atoms with Crippen molar-refractivity contribution in [3.05, 3.63) is 66.5 Å². The predicted octanol–water partition coefficient (Wildman–Crippen LogP) is 6.52. The summed E-state index contributed by atoms with van der Waals surface area (Å²) in [6.45, 7) is 7.75. The predicted molar refractivity (Wildman–Crippen MR) is 134 cm³/mol. The van der Waals surface area contributed by atoms with Crippen molar-refractivity contribution >= 4 is 28.3 Å². The number of hydrogen-bond acceptors (Lipinski definition) is 3. The molecule has 166 valence electrons. The van der Waals surface area contributed by atoms with E-state index >= 15 is 0 Å². The van der Waals surface area contributed by atoms with Crippen molar-refractivity contribution in [2.24, 2.45) is 5.92 Å². The second kappa shape index (κ2) is 8.84. The zero-order valence-corrected chi connectivity index (χ0v) is 19.7. The van der Waals surface area contributed by atoms with Crippen LogP contribution in [0.2, 0.25) is 0 Å². The van der Waals surface area contributed by atoms with Crippen molar-refractivity contribution in [2.75, 3.05) is 13.1 Å². The molecule has 1 aliphatic carbocycles. The Balaban J connectivity index is 1.48. The molecule has 32 heavy (non-hydrogen) atoms. The summed E-state index contributed by atoms with van der Waals surface area (Å²) < 4.78 is 2.22. The standard InChI is InChI=1S/C27H31ClN4/c1-3-20-10-15-31(16-11-20)19-21-5-4-6-22(17-21)26-30-24-9-14-29-18-25(24)32(26)23-7-12-27(2,28)13-8-23/h4-9,12,14,17-18,20H,3,10-11,13,15-16,19H2,1-2H3. The van der Waals surface area contributed by atoms with E-state index in [4.69, 9.17) is 16.6 Å². The Morgan fingerprint density at radius 1 is 1.19 bits per heavy atom. The average Bonchev–Trinajstić information content (AvgIpc) is 3.19. The van der Waals surface area contributed by atoms with Gasteiger partial charge < -0.3 is 0 Å². The monoisotopic (exact) mass is 446 g/mol. The van der Waals surface area contributed by atoms with Crippen LogP contribution in [0, 0.1) is 5.92 Å². The van der Waals surface area contributed by atoms with Crippen molar-refractivity contribution < 1.29 is 0 Å². The van der Waals surface area contributed by atoms with Crippen LogP contribution in [-0.4, -0.2) is 37.4 Å². The molecule has 1 aromatic carbocycles. The fraction of sp³-hybridized carbons (Fsp3) is 0.407. The molecular formula is C27H31ClN4. The maximum absolute atomic E-state index is 6.53. The number of allylic oxidation sites excluding steroid dienone is 4. The van der Waals surface area contributed by atoms with Gasteiger partial charge in [0.15, 0.2) is 0 Å². The highest BCUT2D eigenvalue weighted by atomic mass is 35.5. The number of fused-ring (bicyclic) bond motifs is 1. The van der Waals surface area contributed by atoms with Crippen LogP contribution in [0.1, 0.15) is 45.1 Å². The highest BCUT2D eigenvalue weighted by Crippen LogP contribution is 2.34. The lowest BCUT2D eigenvalue weighted by molar-refractivity contribution is 0.175. The Labute approximate surface area is 195 Å². The van der Waals surface area contributed by atoms with Crippen molar-refractivity contribution in [1.82, 2.24) is 19.4 Å². The summed E-state index contributed by atoms with van der Waals surface area (Å²) in [5.41, 5.74) is 5.55. The number of imidazole rings is 1. The first-order valence-corrected chi connectivity index (χ1v) is 12.1. The van der Waals surface area contributed by atoms with Crippen LogP contribution in [0.25, 0.3) is 28.1 Å². The summed E-state index contributed by atoms with van der Waals surface area (Å²) >= 11 is 6.53. The van der Waals surface area contributed by atoms with Gasteiger partial charge in [-0.2, -0.15) is 0 Å². The van der Waals surface area contributed by atoms with Crippen LogP contribution < -0.4 is 0 Å². The van der Waals surface area contributed by atoms with E-state index in [0.717, 1.165) is 47.0 Å². The maximum atomic E-state index is 6.53. The molecule has 3 aromatic rings. The summed E-state index contributed by atoms with van der Waals surface area (Å²) in [4.78, 5) is 11.6. The van der Waals surface area contributed by atoms with Gasteiger partial charge in [0.25, 0.3) is 0 Å². The minimum Gasteiger partial charge on any atom is -0.299 e. The van der Waals surface area contributed by atoms with E-state index in [1.165, 1.54) is 37.9 Å². The number of halogens is 1. The zero-order chi connectivity index (χ0) is 22.1. The Kier molecular flexibility index (Phi) is 5.92. The van der Waals surface area contributed by atoms with Crippen LogP contribution >= 0.6 is 11.6 Å². The first kappa shape index (κ1) is 21.4. The van der Waals surface area contributed by atoms with Gasteiger partial charge in [0.1, 0.15) is 5.82 Å². The molecule has 4 nitrogen and oxygen atoms in total. The van der Waals surface area contributed by atoms with Gasteiger partial charge in [-0.3, -0.25) is 14.5 Å². The van der Waals surface area contributed by atoms with Gasteiger partial charge in [0.05, 0.1) is 22.1 Å². The fourth-order valence-corrected chi connectivity index (χ4v) is 5.00. The van der Waals surface area contributed by atoms with Crippen LogP contribution in [0.3, 0.4) is 0 Å². The molecule has 5 heteroatoms. The molecule has 1 aliphatic heterocycles. The van der Waals surface area contributed by atoms with Crippen LogP contribution in [0.15, 0.2) is 61.0 Å². The third-order valence-corrected chi connectivity index (χ3v) is 7.18. The highest BCUT2D eigenvalue weighted by Gasteiger charge is 2.23. The number of benzene rings is 1. The van der Waals surface area contributed by atoms with Gasteiger partial charge in [-0.1, -0.05) is 43.7 Å². The van der Waals surface area contributed by atoms with Crippen molar-refractivity contribution in [1.29, 1.82) is 0 Å². The largest absolute Gasteiger partial charge is 0.299 e. The molecule has 0 N–H and O–H groups in total. The zero-order valence-electron chi connectivity index (χ0n) is 19.0. The highest BCUT2D eigenvalue weighted by molar-refractivity contribution is 6.25. The van der Waals surface area contributed by atoms with Crippen LogP contribution in [0.5, 0.6) is 0 Å². The van der Waals surface area contributed by atoms with Crippen molar-refractivity contribution in [2.45, 2.75) is 50.9 Å². The third kappa shape index (κ3) is 4.39. The minimum atomic E-state index is -0.330. The lowest BCUT2D eigenvalue weighted by Gasteiger charge is -2.31. The number of alkyl halides is 1. The molecule has 5 rings (SSSR count). The molecule has 2 aliphatic rings. The normalized spacial score (nSPS) is 22.4. The Morgan fingerprint density at radius 2 is 2.03 bits per heavy atom. The topological polar surface area (TPSA) is 34.0 Å². The lowest BCUT2D eigenvalue weighted by atomic mass is 9.94. The summed E-state index contributed by atoms with van der Waals surface area (Å²) in [6, 6.07) is 10.8.